The van der Waals surface area contributed by atoms with Crippen LogP contribution in [0.1, 0.15) is 31.7 Å². The van der Waals surface area contributed by atoms with Crippen molar-refractivity contribution in [3.63, 3.8) is 0 Å². The van der Waals surface area contributed by atoms with Gasteiger partial charge in [0, 0.05) is 6.54 Å². The molecule has 1 atom stereocenters. The summed E-state index contributed by atoms with van der Waals surface area (Å²) in [4.78, 5) is 12.3. The normalized spacial score (nSPS) is 23.6. The lowest BCUT2D eigenvalue weighted by Crippen LogP contribution is -2.45. The van der Waals surface area contributed by atoms with Gasteiger partial charge in [0.2, 0.25) is 0 Å². The van der Waals surface area contributed by atoms with Crippen molar-refractivity contribution in [2.45, 2.75) is 32.8 Å². The number of carbonyl (C=O) groups is 1. The molecule has 1 aliphatic heterocycles. The average molecular weight is 247 g/mol. The van der Waals surface area contributed by atoms with Crippen molar-refractivity contribution in [2.24, 2.45) is 5.41 Å². The monoisotopic (exact) mass is 247 g/mol. The Morgan fingerprint density at radius 2 is 2.17 bits per heavy atom. The second-order valence-electron chi connectivity index (χ2n) is 4.98. The van der Waals surface area contributed by atoms with Crippen LogP contribution in [-0.2, 0) is 16.1 Å². The first-order valence-electron chi connectivity index (χ1n) is 6.69. The zero-order valence-electron chi connectivity index (χ0n) is 10.9. The van der Waals surface area contributed by atoms with Crippen LogP contribution in [0.15, 0.2) is 30.3 Å². The largest absolute Gasteiger partial charge is 0.460 e. The molecule has 1 aromatic carbocycles. The van der Waals surface area contributed by atoms with Gasteiger partial charge >= 0.3 is 5.97 Å². The topological polar surface area (TPSA) is 38.3 Å². The fourth-order valence-corrected chi connectivity index (χ4v) is 2.46. The minimum Gasteiger partial charge on any atom is -0.460 e. The van der Waals surface area contributed by atoms with E-state index in [2.05, 4.69) is 12.2 Å². The standard InChI is InChI=1S/C15H21NO2/c1-2-15(9-6-10-16-12-15)14(17)18-11-13-7-4-3-5-8-13/h3-5,7-8,16H,2,6,9-12H2,1H3. The lowest BCUT2D eigenvalue weighted by atomic mass is 9.78. The summed E-state index contributed by atoms with van der Waals surface area (Å²) in [6.45, 7) is 4.20. The Bertz CT molecular complexity index is 383. The molecule has 1 aromatic rings. The minimum absolute atomic E-state index is 0.0546. The number of hydrogen-bond donors (Lipinski definition) is 1. The van der Waals surface area contributed by atoms with Gasteiger partial charge in [-0.1, -0.05) is 37.3 Å². The molecule has 1 heterocycles. The molecule has 0 aliphatic carbocycles. The number of rotatable bonds is 4. The van der Waals surface area contributed by atoms with Gasteiger partial charge in [-0.2, -0.15) is 0 Å². The maximum Gasteiger partial charge on any atom is 0.313 e. The number of ether oxygens (including phenoxy) is 1. The van der Waals surface area contributed by atoms with Gasteiger partial charge in [-0.05, 0) is 31.4 Å². The molecule has 3 nitrogen and oxygen atoms in total. The second-order valence-corrected chi connectivity index (χ2v) is 4.98. The van der Waals surface area contributed by atoms with E-state index in [1.165, 1.54) is 0 Å². The zero-order chi connectivity index (χ0) is 12.8. The number of benzene rings is 1. The third kappa shape index (κ3) is 2.91. The van der Waals surface area contributed by atoms with Gasteiger partial charge in [0.25, 0.3) is 0 Å². The van der Waals surface area contributed by atoms with Crippen LogP contribution in [-0.4, -0.2) is 19.1 Å². The Morgan fingerprint density at radius 3 is 2.78 bits per heavy atom. The summed E-state index contributed by atoms with van der Waals surface area (Å²) in [5, 5.41) is 3.30. The maximum atomic E-state index is 12.3. The highest BCUT2D eigenvalue weighted by Gasteiger charge is 2.39. The molecule has 2 rings (SSSR count). The van der Waals surface area contributed by atoms with E-state index in [4.69, 9.17) is 4.74 Å². The van der Waals surface area contributed by atoms with Crippen molar-refractivity contribution < 1.29 is 9.53 Å². The molecule has 0 aromatic heterocycles. The van der Waals surface area contributed by atoms with Crippen LogP contribution in [0.5, 0.6) is 0 Å². The van der Waals surface area contributed by atoms with Crippen molar-refractivity contribution in [2.75, 3.05) is 13.1 Å². The van der Waals surface area contributed by atoms with E-state index >= 15 is 0 Å². The Kier molecular flexibility index (Phi) is 4.37. The molecule has 1 saturated heterocycles. The van der Waals surface area contributed by atoms with Gasteiger partial charge in [-0.25, -0.2) is 0 Å². The molecule has 0 spiro atoms. The van der Waals surface area contributed by atoms with E-state index in [-0.39, 0.29) is 11.4 Å². The van der Waals surface area contributed by atoms with E-state index < -0.39 is 0 Å². The molecule has 0 amide bonds. The number of piperidine rings is 1. The fourth-order valence-electron chi connectivity index (χ4n) is 2.46. The third-order valence-corrected chi connectivity index (χ3v) is 3.79. The molecule has 1 fully saturated rings. The van der Waals surface area contributed by atoms with E-state index in [0.29, 0.717) is 6.61 Å². The summed E-state index contributed by atoms with van der Waals surface area (Å²) in [5.41, 5.74) is 0.730. The molecular weight excluding hydrogens is 226 g/mol. The van der Waals surface area contributed by atoms with Crippen LogP contribution in [0.3, 0.4) is 0 Å². The van der Waals surface area contributed by atoms with Gasteiger partial charge in [0.15, 0.2) is 0 Å². The van der Waals surface area contributed by atoms with E-state index in [1.807, 2.05) is 30.3 Å². The Balaban J connectivity index is 1.94. The molecule has 1 unspecified atom stereocenters. The van der Waals surface area contributed by atoms with Gasteiger partial charge in [-0.3, -0.25) is 4.79 Å². The van der Waals surface area contributed by atoms with Gasteiger partial charge < -0.3 is 10.1 Å². The van der Waals surface area contributed by atoms with Crippen LogP contribution < -0.4 is 5.32 Å². The summed E-state index contributed by atoms with van der Waals surface area (Å²) in [6.07, 6.45) is 2.83. The number of hydrogen-bond acceptors (Lipinski definition) is 3. The molecule has 1 N–H and O–H groups in total. The highest BCUT2D eigenvalue weighted by molar-refractivity contribution is 5.77. The van der Waals surface area contributed by atoms with Crippen LogP contribution in [0.4, 0.5) is 0 Å². The first kappa shape index (κ1) is 13.1. The van der Waals surface area contributed by atoms with Crippen LogP contribution in [0.2, 0.25) is 0 Å². The van der Waals surface area contributed by atoms with Crippen molar-refractivity contribution in [3.8, 4) is 0 Å². The van der Waals surface area contributed by atoms with Crippen LogP contribution >= 0.6 is 0 Å². The predicted octanol–water partition coefficient (Wildman–Crippen LogP) is 2.51. The zero-order valence-corrected chi connectivity index (χ0v) is 10.9. The highest BCUT2D eigenvalue weighted by atomic mass is 16.5. The van der Waals surface area contributed by atoms with Crippen LogP contribution in [0.25, 0.3) is 0 Å². The number of nitrogens with one attached hydrogen (secondary N) is 1. The Hall–Kier alpha value is -1.35. The molecule has 1 aliphatic rings. The van der Waals surface area contributed by atoms with Gasteiger partial charge in [-0.15, -0.1) is 0 Å². The van der Waals surface area contributed by atoms with Crippen molar-refractivity contribution in [1.82, 2.24) is 5.32 Å². The van der Waals surface area contributed by atoms with E-state index in [1.54, 1.807) is 0 Å². The predicted molar refractivity (Wildman–Crippen MR) is 71.1 cm³/mol. The lowest BCUT2D eigenvalue weighted by Gasteiger charge is -2.34. The molecule has 3 heteroatoms. The van der Waals surface area contributed by atoms with Crippen molar-refractivity contribution in [1.29, 1.82) is 0 Å². The summed E-state index contributed by atoms with van der Waals surface area (Å²) >= 11 is 0. The summed E-state index contributed by atoms with van der Waals surface area (Å²) in [6, 6.07) is 9.84. The van der Waals surface area contributed by atoms with Crippen molar-refractivity contribution in [3.05, 3.63) is 35.9 Å². The fraction of sp³-hybridized carbons (Fsp3) is 0.533. The van der Waals surface area contributed by atoms with Crippen LogP contribution in [0, 0.1) is 5.41 Å². The molecule has 18 heavy (non-hydrogen) atoms. The summed E-state index contributed by atoms with van der Waals surface area (Å²) in [5.74, 6) is -0.0546. The lowest BCUT2D eigenvalue weighted by molar-refractivity contribution is -0.158. The van der Waals surface area contributed by atoms with Gasteiger partial charge in [0.05, 0.1) is 5.41 Å². The smallest absolute Gasteiger partial charge is 0.313 e. The number of esters is 1. The molecule has 0 bridgehead atoms. The molecular formula is C15H21NO2. The Morgan fingerprint density at radius 1 is 1.39 bits per heavy atom. The number of carbonyl (C=O) groups excluding carboxylic acids is 1. The first-order valence-corrected chi connectivity index (χ1v) is 6.69. The molecule has 98 valence electrons. The maximum absolute atomic E-state index is 12.3. The first-order chi connectivity index (χ1) is 8.77. The molecule has 0 radical (unpaired) electrons. The second kappa shape index (κ2) is 6.01. The van der Waals surface area contributed by atoms with E-state index in [9.17, 15) is 4.79 Å². The Labute approximate surface area is 109 Å². The van der Waals surface area contributed by atoms with Gasteiger partial charge in [0.1, 0.15) is 6.61 Å². The quantitative estimate of drug-likeness (QED) is 0.831. The molecule has 0 saturated carbocycles. The third-order valence-electron chi connectivity index (χ3n) is 3.79. The summed E-state index contributed by atoms with van der Waals surface area (Å²) < 4.78 is 5.48. The highest BCUT2D eigenvalue weighted by Crippen LogP contribution is 2.31. The summed E-state index contributed by atoms with van der Waals surface area (Å²) in [7, 11) is 0. The van der Waals surface area contributed by atoms with E-state index in [0.717, 1.165) is 37.9 Å². The minimum atomic E-state index is -0.312. The SMILES string of the molecule is CCC1(C(=O)OCc2ccccc2)CCCNC1. The average Bonchev–Trinajstić information content (AvgIpc) is 2.46. The van der Waals surface area contributed by atoms with Crippen molar-refractivity contribution >= 4 is 5.97 Å².